The molecule has 2 aliphatic heterocycles. The van der Waals surface area contributed by atoms with Gasteiger partial charge in [0.15, 0.2) is 0 Å². The van der Waals surface area contributed by atoms with Gasteiger partial charge in [0.2, 0.25) is 5.91 Å². The van der Waals surface area contributed by atoms with E-state index in [9.17, 15) is 14.4 Å². The molecule has 3 amide bonds. The maximum Gasteiger partial charge on any atom is 0.294 e. The van der Waals surface area contributed by atoms with Crippen molar-refractivity contribution in [3.05, 3.63) is 33.7 Å². The first-order valence-electron chi connectivity index (χ1n) is 8.86. The third-order valence-electron chi connectivity index (χ3n) is 4.60. The molecule has 27 heavy (non-hydrogen) atoms. The van der Waals surface area contributed by atoms with Crippen LogP contribution in [-0.4, -0.2) is 53.6 Å². The van der Waals surface area contributed by atoms with Crippen LogP contribution in [0.15, 0.2) is 23.1 Å². The lowest BCUT2D eigenvalue weighted by Gasteiger charge is -2.22. The van der Waals surface area contributed by atoms with Gasteiger partial charge >= 0.3 is 0 Å². The minimum atomic E-state index is -0.444. The van der Waals surface area contributed by atoms with E-state index in [4.69, 9.17) is 16.3 Å². The van der Waals surface area contributed by atoms with Crippen molar-refractivity contribution in [1.29, 1.82) is 0 Å². The van der Waals surface area contributed by atoms with Crippen LogP contribution in [-0.2, 0) is 9.59 Å². The second-order valence-electron chi connectivity index (χ2n) is 6.46. The molecule has 1 aromatic carbocycles. The number of thioether (sulfide) groups is 1. The van der Waals surface area contributed by atoms with Crippen LogP contribution in [0.4, 0.5) is 4.79 Å². The number of imide groups is 1. The van der Waals surface area contributed by atoms with Crippen molar-refractivity contribution in [2.45, 2.75) is 25.7 Å². The Hall–Kier alpha value is -1.99. The second-order valence-corrected chi connectivity index (χ2v) is 7.86. The molecule has 1 aromatic rings. The molecule has 0 unspecified atom stereocenters. The number of amides is 3. The predicted octanol–water partition coefficient (Wildman–Crippen LogP) is 3.79. The Balaban J connectivity index is 1.70. The molecular weight excluding hydrogens is 388 g/mol. The highest BCUT2D eigenvalue weighted by Gasteiger charge is 2.37. The van der Waals surface area contributed by atoms with Gasteiger partial charge in [0.1, 0.15) is 12.3 Å². The highest BCUT2D eigenvalue weighted by Crippen LogP contribution is 2.33. The first-order valence-corrected chi connectivity index (χ1v) is 10.1. The summed E-state index contributed by atoms with van der Waals surface area (Å²) in [6.45, 7) is 1.18. The third-order valence-corrected chi connectivity index (χ3v) is 5.80. The van der Waals surface area contributed by atoms with E-state index in [1.807, 2.05) is 0 Å². The zero-order valence-electron chi connectivity index (χ0n) is 15.1. The highest BCUT2D eigenvalue weighted by molar-refractivity contribution is 8.18. The molecule has 0 atom stereocenters. The predicted molar refractivity (Wildman–Crippen MR) is 106 cm³/mol. The first-order chi connectivity index (χ1) is 13.0. The minimum absolute atomic E-state index is 0.173. The Kier molecular flexibility index (Phi) is 6.44. The van der Waals surface area contributed by atoms with E-state index >= 15 is 0 Å². The van der Waals surface area contributed by atoms with Gasteiger partial charge in [0, 0.05) is 13.1 Å². The summed E-state index contributed by atoms with van der Waals surface area (Å²) in [5.41, 5.74) is 0.685. The number of hydrogen-bond acceptors (Lipinski definition) is 5. The van der Waals surface area contributed by atoms with Gasteiger partial charge in [-0.1, -0.05) is 30.5 Å². The molecule has 2 heterocycles. The average molecular weight is 409 g/mol. The molecule has 2 aliphatic rings. The second kappa shape index (κ2) is 8.80. The Morgan fingerprint density at radius 3 is 2.56 bits per heavy atom. The number of hydrogen-bond donors (Lipinski definition) is 0. The molecule has 3 rings (SSSR count). The van der Waals surface area contributed by atoms with E-state index in [-0.39, 0.29) is 17.4 Å². The van der Waals surface area contributed by atoms with Crippen LogP contribution in [0, 0.1) is 0 Å². The van der Waals surface area contributed by atoms with Gasteiger partial charge in [-0.3, -0.25) is 19.3 Å². The zero-order valence-corrected chi connectivity index (χ0v) is 16.6. The standard InChI is InChI=1S/C19H21ClN2O4S/c1-26-15-7-6-13(10-14(15)20)11-16-18(24)22(19(25)27-16)12-17(23)21-8-4-2-3-5-9-21/h6-7,10-11H,2-5,8-9,12H2,1H3. The van der Waals surface area contributed by atoms with Crippen molar-refractivity contribution < 1.29 is 19.1 Å². The quantitative estimate of drug-likeness (QED) is 0.709. The third kappa shape index (κ3) is 4.65. The Labute approximate surface area is 167 Å². The summed E-state index contributed by atoms with van der Waals surface area (Å²) in [6, 6.07) is 5.11. The normalized spacial score (nSPS) is 19.6. The highest BCUT2D eigenvalue weighted by atomic mass is 35.5. The number of carbonyl (C=O) groups excluding carboxylic acids is 3. The Morgan fingerprint density at radius 2 is 1.93 bits per heavy atom. The fourth-order valence-corrected chi connectivity index (χ4v) is 4.22. The number of methoxy groups -OCH3 is 1. The molecule has 0 saturated carbocycles. The Morgan fingerprint density at radius 1 is 1.22 bits per heavy atom. The summed E-state index contributed by atoms with van der Waals surface area (Å²) in [5.74, 6) is -0.0852. The van der Waals surface area contributed by atoms with Gasteiger partial charge in [-0.25, -0.2) is 0 Å². The van der Waals surface area contributed by atoms with Crippen molar-refractivity contribution in [2.75, 3.05) is 26.7 Å². The van der Waals surface area contributed by atoms with Crippen LogP contribution in [0.5, 0.6) is 5.75 Å². The summed E-state index contributed by atoms with van der Waals surface area (Å²) in [7, 11) is 1.52. The van der Waals surface area contributed by atoms with Gasteiger partial charge < -0.3 is 9.64 Å². The number of ether oxygens (including phenoxy) is 1. The summed E-state index contributed by atoms with van der Waals surface area (Å²) >= 11 is 6.94. The lowest BCUT2D eigenvalue weighted by molar-refractivity contribution is -0.135. The van der Waals surface area contributed by atoms with Crippen molar-refractivity contribution in [3.8, 4) is 5.75 Å². The first kappa shape index (κ1) is 19.8. The summed E-state index contributed by atoms with van der Waals surface area (Å²) in [6.07, 6.45) is 5.75. The maximum absolute atomic E-state index is 12.6. The van der Waals surface area contributed by atoms with Crippen molar-refractivity contribution in [3.63, 3.8) is 0 Å². The van der Waals surface area contributed by atoms with Crippen LogP contribution in [0.25, 0.3) is 6.08 Å². The number of carbonyl (C=O) groups is 3. The molecule has 144 valence electrons. The maximum atomic E-state index is 12.6. The van der Waals surface area contributed by atoms with Crippen LogP contribution >= 0.6 is 23.4 Å². The number of rotatable bonds is 4. The van der Waals surface area contributed by atoms with Crippen LogP contribution < -0.4 is 4.74 Å². The molecule has 0 aromatic heterocycles. The summed E-state index contributed by atoms with van der Waals surface area (Å²) in [4.78, 5) is 40.4. The number of nitrogens with zero attached hydrogens (tertiary/aromatic N) is 2. The number of halogens is 1. The number of likely N-dealkylation sites (tertiary alicyclic amines) is 1. The SMILES string of the molecule is COc1ccc(C=C2SC(=O)N(CC(=O)N3CCCCCC3)C2=O)cc1Cl. The van der Waals surface area contributed by atoms with Gasteiger partial charge in [0.25, 0.3) is 11.1 Å². The van der Waals surface area contributed by atoms with Crippen molar-refractivity contribution >= 4 is 46.5 Å². The van der Waals surface area contributed by atoms with Crippen LogP contribution in [0.3, 0.4) is 0 Å². The minimum Gasteiger partial charge on any atom is -0.495 e. The van der Waals surface area contributed by atoms with Gasteiger partial charge in [-0.05, 0) is 48.4 Å². The van der Waals surface area contributed by atoms with Crippen molar-refractivity contribution in [1.82, 2.24) is 9.80 Å². The molecule has 8 heteroatoms. The molecule has 0 aliphatic carbocycles. The summed E-state index contributed by atoms with van der Waals surface area (Å²) < 4.78 is 5.11. The molecule has 0 N–H and O–H groups in total. The van der Waals surface area contributed by atoms with E-state index in [1.54, 1.807) is 29.2 Å². The van der Waals surface area contributed by atoms with E-state index in [0.29, 0.717) is 29.4 Å². The van der Waals surface area contributed by atoms with Crippen molar-refractivity contribution in [2.24, 2.45) is 0 Å². The largest absolute Gasteiger partial charge is 0.495 e. The molecule has 0 radical (unpaired) electrons. The van der Waals surface area contributed by atoms with E-state index in [2.05, 4.69) is 0 Å². The molecule has 6 nitrogen and oxygen atoms in total. The zero-order chi connectivity index (χ0) is 19.4. The topological polar surface area (TPSA) is 66.9 Å². The van der Waals surface area contributed by atoms with Crippen LogP contribution in [0.2, 0.25) is 5.02 Å². The molecule has 2 fully saturated rings. The lowest BCUT2D eigenvalue weighted by Crippen LogP contribution is -2.42. The molecule has 2 saturated heterocycles. The summed E-state index contributed by atoms with van der Waals surface area (Å²) in [5, 5.41) is -0.00384. The number of benzene rings is 1. The van der Waals surface area contributed by atoms with Gasteiger partial charge in [0.05, 0.1) is 17.0 Å². The molecule has 0 spiro atoms. The van der Waals surface area contributed by atoms with E-state index in [0.717, 1.165) is 42.3 Å². The van der Waals surface area contributed by atoms with E-state index < -0.39 is 11.1 Å². The lowest BCUT2D eigenvalue weighted by atomic mass is 10.2. The van der Waals surface area contributed by atoms with E-state index in [1.165, 1.54) is 7.11 Å². The fraction of sp³-hybridized carbons (Fsp3) is 0.421. The monoisotopic (exact) mass is 408 g/mol. The smallest absolute Gasteiger partial charge is 0.294 e. The average Bonchev–Trinajstić information content (AvgIpc) is 2.86. The molecular formula is C19H21ClN2O4S. The fourth-order valence-electron chi connectivity index (χ4n) is 3.12. The molecule has 0 bridgehead atoms. The van der Waals surface area contributed by atoms with Gasteiger partial charge in [-0.2, -0.15) is 0 Å². The van der Waals surface area contributed by atoms with Crippen LogP contribution in [0.1, 0.15) is 31.2 Å². The Bertz CT molecular complexity index is 788. The van der Waals surface area contributed by atoms with Gasteiger partial charge in [-0.15, -0.1) is 0 Å².